The molecule has 1 amide bonds. The Kier molecular flexibility index (Phi) is 4.69. The molecular weight excluding hydrogens is 380 g/mol. The molecular formula is C15H9Cl4N3O. The summed E-state index contributed by atoms with van der Waals surface area (Å²) in [5, 5.41) is 4.21. The van der Waals surface area contributed by atoms with Gasteiger partial charge in [0.25, 0.3) is 0 Å². The van der Waals surface area contributed by atoms with E-state index in [0.29, 0.717) is 27.1 Å². The Morgan fingerprint density at radius 1 is 1.04 bits per heavy atom. The molecule has 0 aliphatic heterocycles. The zero-order valence-electron chi connectivity index (χ0n) is 11.5. The number of fused-ring (bicyclic) bond motifs is 1. The van der Waals surface area contributed by atoms with Crippen LogP contribution in [0.3, 0.4) is 0 Å². The first-order valence-corrected chi connectivity index (χ1v) is 8.01. The normalized spacial score (nSPS) is 11.0. The quantitative estimate of drug-likeness (QED) is 0.675. The summed E-state index contributed by atoms with van der Waals surface area (Å²) >= 11 is 23.9. The Bertz CT molecular complexity index is 884. The fourth-order valence-corrected chi connectivity index (χ4v) is 3.19. The van der Waals surface area contributed by atoms with E-state index < -0.39 is 0 Å². The number of carbonyl (C=O) groups excluding carboxylic acids is 1. The van der Waals surface area contributed by atoms with Crippen LogP contribution in [0.4, 0.5) is 5.69 Å². The van der Waals surface area contributed by atoms with Crippen LogP contribution in [0.5, 0.6) is 0 Å². The number of carbonyl (C=O) groups is 1. The third kappa shape index (κ3) is 3.72. The number of nitrogens with zero attached hydrogens (tertiary/aromatic N) is 2. The van der Waals surface area contributed by atoms with Gasteiger partial charge >= 0.3 is 0 Å². The van der Waals surface area contributed by atoms with Gasteiger partial charge in [0.15, 0.2) is 0 Å². The molecule has 3 aromatic rings. The summed E-state index contributed by atoms with van der Waals surface area (Å²) in [7, 11) is 0. The van der Waals surface area contributed by atoms with Crippen molar-refractivity contribution in [2.45, 2.75) is 6.42 Å². The molecule has 2 heterocycles. The first-order chi connectivity index (χ1) is 10.9. The van der Waals surface area contributed by atoms with E-state index in [1.54, 1.807) is 28.9 Å². The molecule has 0 spiro atoms. The summed E-state index contributed by atoms with van der Waals surface area (Å²) in [6.07, 6.45) is 3.54. The molecule has 3 rings (SSSR count). The molecule has 0 radical (unpaired) electrons. The third-order valence-electron chi connectivity index (χ3n) is 3.08. The number of amides is 1. The Balaban J connectivity index is 1.78. The maximum atomic E-state index is 12.2. The monoisotopic (exact) mass is 387 g/mol. The molecule has 0 fully saturated rings. The van der Waals surface area contributed by atoms with E-state index in [1.807, 2.05) is 0 Å². The van der Waals surface area contributed by atoms with Crippen LogP contribution in [-0.4, -0.2) is 15.3 Å². The number of anilines is 1. The first-order valence-electron chi connectivity index (χ1n) is 6.50. The minimum absolute atomic E-state index is 0.0780. The van der Waals surface area contributed by atoms with Crippen molar-refractivity contribution in [1.29, 1.82) is 0 Å². The topological polar surface area (TPSA) is 46.4 Å². The highest BCUT2D eigenvalue weighted by molar-refractivity contribution is 6.42. The number of imidazole rings is 1. The van der Waals surface area contributed by atoms with Crippen molar-refractivity contribution in [2.24, 2.45) is 0 Å². The maximum absolute atomic E-state index is 12.2. The van der Waals surface area contributed by atoms with Crippen LogP contribution in [0, 0.1) is 0 Å². The maximum Gasteiger partial charge on any atom is 0.230 e. The number of aromatic nitrogens is 2. The van der Waals surface area contributed by atoms with Gasteiger partial charge in [-0.15, -0.1) is 0 Å². The number of rotatable bonds is 3. The van der Waals surface area contributed by atoms with Gasteiger partial charge in [-0.05, 0) is 24.3 Å². The number of benzene rings is 1. The lowest BCUT2D eigenvalue weighted by Crippen LogP contribution is -2.15. The Morgan fingerprint density at radius 3 is 2.43 bits per heavy atom. The van der Waals surface area contributed by atoms with E-state index in [4.69, 9.17) is 46.4 Å². The van der Waals surface area contributed by atoms with Crippen LogP contribution >= 0.6 is 46.4 Å². The number of nitrogens with one attached hydrogen (secondary N) is 1. The summed E-state index contributed by atoms with van der Waals surface area (Å²) in [6, 6.07) is 6.53. The number of pyridine rings is 1. The van der Waals surface area contributed by atoms with E-state index in [1.165, 1.54) is 12.1 Å². The zero-order valence-corrected chi connectivity index (χ0v) is 14.5. The van der Waals surface area contributed by atoms with Crippen LogP contribution < -0.4 is 5.32 Å². The molecule has 0 aliphatic rings. The van der Waals surface area contributed by atoms with Gasteiger partial charge in [0, 0.05) is 17.4 Å². The van der Waals surface area contributed by atoms with Crippen LogP contribution in [-0.2, 0) is 11.2 Å². The van der Waals surface area contributed by atoms with Crippen molar-refractivity contribution >= 4 is 63.6 Å². The van der Waals surface area contributed by atoms with Crippen molar-refractivity contribution in [1.82, 2.24) is 9.38 Å². The Hall–Kier alpha value is -1.46. The number of hydrogen-bond donors (Lipinski definition) is 1. The van der Waals surface area contributed by atoms with Crippen molar-refractivity contribution in [3.05, 3.63) is 62.4 Å². The first kappa shape index (κ1) is 16.4. The molecule has 23 heavy (non-hydrogen) atoms. The predicted octanol–water partition coefficient (Wildman–Crippen LogP) is 5.13. The SMILES string of the molecule is O=C(Cc1cn2cc(Cl)ccc2n1)Nc1c(Cl)cc(Cl)cc1Cl. The van der Waals surface area contributed by atoms with E-state index in [9.17, 15) is 4.79 Å². The fourth-order valence-electron chi connectivity index (χ4n) is 2.11. The molecule has 0 saturated heterocycles. The molecule has 0 atom stereocenters. The van der Waals surface area contributed by atoms with Gasteiger partial charge in [-0.3, -0.25) is 4.79 Å². The van der Waals surface area contributed by atoms with E-state index in [2.05, 4.69) is 10.3 Å². The average Bonchev–Trinajstić information content (AvgIpc) is 2.84. The van der Waals surface area contributed by atoms with Gasteiger partial charge in [-0.25, -0.2) is 4.98 Å². The lowest BCUT2D eigenvalue weighted by atomic mass is 10.2. The third-order valence-corrected chi connectivity index (χ3v) is 4.12. The molecule has 118 valence electrons. The zero-order chi connectivity index (χ0) is 16.6. The van der Waals surface area contributed by atoms with Crippen molar-refractivity contribution in [3.63, 3.8) is 0 Å². The van der Waals surface area contributed by atoms with Gasteiger partial charge in [-0.1, -0.05) is 46.4 Å². The molecule has 0 saturated carbocycles. The van der Waals surface area contributed by atoms with Gasteiger partial charge in [0.2, 0.25) is 5.91 Å². The van der Waals surface area contributed by atoms with Gasteiger partial charge in [0.1, 0.15) is 5.65 Å². The van der Waals surface area contributed by atoms with Crippen LogP contribution in [0.25, 0.3) is 5.65 Å². The molecule has 0 bridgehead atoms. The predicted molar refractivity (Wildman–Crippen MR) is 94.0 cm³/mol. The Morgan fingerprint density at radius 2 is 1.74 bits per heavy atom. The van der Waals surface area contributed by atoms with Crippen LogP contribution in [0.2, 0.25) is 20.1 Å². The molecule has 8 heteroatoms. The molecule has 4 nitrogen and oxygen atoms in total. The number of hydrogen-bond acceptors (Lipinski definition) is 2. The minimum Gasteiger partial charge on any atom is -0.323 e. The van der Waals surface area contributed by atoms with Crippen LogP contribution in [0.1, 0.15) is 5.69 Å². The lowest BCUT2D eigenvalue weighted by Gasteiger charge is -2.09. The standard InChI is InChI=1S/C15H9Cl4N3O/c16-8-1-2-13-20-10(7-22(13)6-8)5-14(23)21-15-11(18)3-9(17)4-12(15)19/h1-4,6-7H,5H2,(H,21,23). The van der Waals surface area contributed by atoms with Gasteiger partial charge < -0.3 is 9.72 Å². The summed E-state index contributed by atoms with van der Waals surface area (Å²) in [6.45, 7) is 0. The van der Waals surface area contributed by atoms with Crippen molar-refractivity contribution in [2.75, 3.05) is 5.32 Å². The second-order valence-corrected chi connectivity index (χ2v) is 6.50. The van der Waals surface area contributed by atoms with E-state index in [-0.39, 0.29) is 22.4 Å². The van der Waals surface area contributed by atoms with Crippen molar-refractivity contribution < 1.29 is 4.79 Å². The highest BCUT2D eigenvalue weighted by atomic mass is 35.5. The highest BCUT2D eigenvalue weighted by Gasteiger charge is 2.13. The smallest absolute Gasteiger partial charge is 0.230 e. The van der Waals surface area contributed by atoms with E-state index >= 15 is 0 Å². The molecule has 0 unspecified atom stereocenters. The molecule has 2 aromatic heterocycles. The van der Waals surface area contributed by atoms with Crippen LogP contribution in [0.15, 0.2) is 36.7 Å². The summed E-state index contributed by atoms with van der Waals surface area (Å²) < 4.78 is 1.76. The highest BCUT2D eigenvalue weighted by Crippen LogP contribution is 2.33. The molecule has 1 aromatic carbocycles. The Labute approximate surface area is 151 Å². The fraction of sp³-hybridized carbons (Fsp3) is 0.0667. The largest absolute Gasteiger partial charge is 0.323 e. The second-order valence-electron chi connectivity index (χ2n) is 4.81. The lowest BCUT2D eigenvalue weighted by molar-refractivity contribution is -0.115. The number of halogens is 4. The molecule has 0 aliphatic carbocycles. The molecule has 1 N–H and O–H groups in total. The van der Waals surface area contributed by atoms with Crippen molar-refractivity contribution in [3.8, 4) is 0 Å². The van der Waals surface area contributed by atoms with Gasteiger partial charge in [-0.2, -0.15) is 0 Å². The summed E-state index contributed by atoms with van der Waals surface area (Å²) in [5.41, 5.74) is 1.64. The minimum atomic E-state index is -0.286. The summed E-state index contributed by atoms with van der Waals surface area (Å²) in [5.74, 6) is -0.286. The van der Waals surface area contributed by atoms with Gasteiger partial charge in [0.05, 0.1) is 32.9 Å². The van der Waals surface area contributed by atoms with E-state index in [0.717, 1.165) is 0 Å². The average molecular weight is 389 g/mol. The summed E-state index contributed by atoms with van der Waals surface area (Å²) in [4.78, 5) is 16.5. The second kappa shape index (κ2) is 6.57.